The Morgan fingerprint density at radius 1 is 1.35 bits per heavy atom. The zero-order valence-electron chi connectivity index (χ0n) is 13.8. The molecule has 0 aliphatic carbocycles. The molecule has 2 rings (SSSR count). The number of hydrogen-bond donors (Lipinski definition) is 1. The van der Waals surface area contributed by atoms with E-state index in [4.69, 9.17) is 9.15 Å². The standard InChI is InChI=1S/C17H25N3O3/c1-19-9-3-6-15(19)13-20(14-16-7-4-11-23-16)17(21)12-18-8-5-10-22-2/h3-4,6-7,9,11,18H,5,8,10,12-14H2,1-2H3. The maximum absolute atomic E-state index is 12.5. The van der Waals surface area contributed by atoms with Gasteiger partial charge in [0.1, 0.15) is 5.76 Å². The summed E-state index contributed by atoms with van der Waals surface area (Å²) >= 11 is 0. The van der Waals surface area contributed by atoms with E-state index < -0.39 is 0 Å². The third-order valence-electron chi connectivity index (χ3n) is 3.66. The maximum Gasteiger partial charge on any atom is 0.237 e. The minimum absolute atomic E-state index is 0.0556. The molecular weight excluding hydrogens is 294 g/mol. The number of amides is 1. The van der Waals surface area contributed by atoms with E-state index >= 15 is 0 Å². The molecule has 0 radical (unpaired) electrons. The van der Waals surface area contributed by atoms with Crippen LogP contribution in [-0.2, 0) is 29.7 Å². The van der Waals surface area contributed by atoms with Crippen LogP contribution < -0.4 is 5.32 Å². The van der Waals surface area contributed by atoms with Crippen molar-refractivity contribution in [1.82, 2.24) is 14.8 Å². The van der Waals surface area contributed by atoms with Gasteiger partial charge in [0.15, 0.2) is 0 Å². The maximum atomic E-state index is 12.5. The van der Waals surface area contributed by atoms with Crippen LogP contribution in [0.3, 0.4) is 0 Å². The summed E-state index contributed by atoms with van der Waals surface area (Å²) in [5.41, 5.74) is 1.09. The topological polar surface area (TPSA) is 59.6 Å². The molecule has 0 aliphatic heterocycles. The number of carbonyl (C=O) groups excluding carboxylic acids is 1. The van der Waals surface area contributed by atoms with Gasteiger partial charge in [-0.3, -0.25) is 4.79 Å². The van der Waals surface area contributed by atoms with Crippen LogP contribution in [0.5, 0.6) is 0 Å². The number of hydrogen-bond acceptors (Lipinski definition) is 4. The van der Waals surface area contributed by atoms with Gasteiger partial charge in [0.2, 0.25) is 5.91 Å². The van der Waals surface area contributed by atoms with Gasteiger partial charge in [0.25, 0.3) is 0 Å². The van der Waals surface area contributed by atoms with E-state index in [0.717, 1.165) is 24.4 Å². The number of ether oxygens (including phenoxy) is 1. The van der Waals surface area contributed by atoms with Gasteiger partial charge in [0.05, 0.1) is 25.9 Å². The molecule has 1 N–H and O–H groups in total. The number of rotatable bonds is 10. The summed E-state index contributed by atoms with van der Waals surface area (Å²) in [7, 11) is 3.66. The summed E-state index contributed by atoms with van der Waals surface area (Å²) in [6.07, 6.45) is 4.50. The molecule has 0 aromatic carbocycles. The lowest BCUT2D eigenvalue weighted by Crippen LogP contribution is -2.38. The zero-order valence-corrected chi connectivity index (χ0v) is 13.8. The summed E-state index contributed by atoms with van der Waals surface area (Å²) in [5.74, 6) is 0.840. The summed E-state index contributed by atoms with van der Waals surface area (Å²) < 4.78 is 12.4. The lowest BCUT2D eigenvalue weighted by Gasteiger charge is -2.22. The third-order valence-corrected chi connectivity index (χ3v) is 3.66. The van der Waals surface area contributed by atoms with Crippen molar-refractivity contribution >= 4 is 5.91 Å². The minimum Gasteiger partial charge on any atom is -0.467 e. The minimum atomic E-state index is 0.0556. The monoisotopic (exact) mass is 319 g/mol. The number of carbonyl (C=O) groups is 1. The van der Waals surface area contributed by atoms with E-state index in [-0.39, 0.29) is 5.91 Å². The smallest absolute Gasteiger partial charge is 0.237 e. The molecule has 6 heteroatoms. The molecule has 23 heavy (non-hydrogen) atoms. The molecule has 0 fully saturated rings. The van der Waals surface area contributed by atoms with Crippen LogP contribution in [0.2, 0.25) is 0 Å². The first-order valence-corrected chi connectivity index (χ1v) is 7.80. The molecule has 2 aromatic rings. The largest absolute Gasteiger partial charge is 0.467 e. The van der Waals surface area contributed by atoms with Crippen molar-refractivity contribution in [1.29, 1.82) is 0 Å². The van der Waals surface area contributed by atoms with E-state index in [9.17, 15) is 4.79 Å². The van der Waals surface area contributed by atoms with Gasteiger partial charge in [-0.2, -0.15) is 0 Å². The number of aromatic nitrogens is 1. The molecule has 0 atom stereocenters. The van der Waals surface area contributed by atoms with Crippen molar-refractivity contribution < 1.29 is 13.9 Å². The lowest BCUT2D eigenvalue weighted by molar-refractivity contribution is -0.131. The first kappa shape index (κ1) is 17.3. The van der Waals surface area contributed by atoms with Gasteiger partial charge in [-0.25, -0.2) is 0 Å². The quantitative estimate of drug-likeness (QED) is 0.678. The molecule has 0 saturated carbocycles. The van der Waals surface area contributed by atoms with Crippen molar-refractivity contribution in [2.24, 2.45) is 7.05 Å². The molecular formula is C17H25N3O3. The predicted molar refractivity (Wildman–Crippen MR) is 87.7 cm³/mol. The first-order chi connectivity index (χ1) is 11.2. The van der Waals surface area contributed by atoms with Crippen molar-refractivity contribution in [3.8, 4) is 0 Å². The number of furan rings is 1. The predicted octanol–water partition coefficient (Wildman–Crippen LogP) is 1.77. The summed E-state index contributed by atoms with van der Waals surface area (Å²) in [4.78, 5) is 14.3. The number of nitrogens with one attached hydrogen (secondary N) is 1. The lowest BCUT2D eigenvalue weighted by atomic mass is 10.3. The van der Waals surface area contributed by atoms with Gasteiger partial charge in [0, 0.05) is 32.7 Å². The Labute approximate surface area is 137 Å². The van der Waals surface area contributed by atoms with E-state index in [0.29, 0.717) is 26.2 Å². The van der Waals surface area contributed by atoms with E-state index in [1.807, 2.05) is 42.1 Å². The molecule has 2 aromatic heterocycles. The molecule has 6 nitrogen and oxygen atoms in total. The van der Waals surface area contributed by atoms with Gasteiger partial charge < -0.3 is 23.9 Å². The SMILES string of the molecule is COCCCNCC(=O)N(Cc1ccco1)Cc1cccn1C. The van der Waals surface area contributed by atoms with Crippen molar-refractivity contribution in [3.63, 3.8) is 0 Å². The highest BCUT2D eigenvalue weighted by Gasteiger charge is 2.16. The van der Waals surface area contributed by atoms with Crippen molar-refractivity contribution in [2.75, 3.05) is 26.8 Å². The summed E-state index contributed by atoms with van der Waals surface area (Å²) in [5, 5.41) is 3.17. The second-order valence-electron chi connectivity index (χ2n) is 5.46. The normalized spacial score (nSPS) is 10.9. The molecule has 2 heterocycles. The fourth-order valence-electron chi connectivity index (χ4n) is 2.33. The molecule has 0 bridgehead atoms. The Morgan fingerprint density at radius 2 is 2.22 bits per heavy atom. The van der Waals surface area contributed by atoms with Crippen LogP contribution >= 0.6 is 0 Å². The molecule has 1 amide bonds. The van der Waals surface area contributed by atoms with Gasteiger partial charge in [-0.1, -0.05) is 0 Å². The molecule has 126 valence electrons. The second kappa shape index (κ2) is 9.17. The molecule has 0 saturated heterocycles. The Hall–Kier alpha value is -2.05. The van der Waals surface area contributed by atoms with Crippen LogP contribution in [0.1, 0.15) is 17.9 Å². The molecule has 0 aliphatic rings. The molecule has 0 spiro atoms. The number of aryl methyl sites for hydroxylation is 1. The van der Waals surface area contributed by atoms with Crippen LogP contribution in [0.4, 0.5) is 0 Å². The van der Waals surface area contributed by atoms with Crippen LogP contribution in [0, 0.1) is 0 Å². The van der Waals surface area contributed by atoms with Crippen LogP contribution in [0.15, 0.2) is 41.1 Å². The summed E-state index contributed by atoms with van der Waals surface area (Å²) in [6, 6.07) is 7.73. The first-order valence-electron chi connectivity index (χ1n) is 7.80. The highest BCUT2D eigenvalue weighted by atomic mass is 16.5. The van der Waals surface area contributed by atoms with Crippen LogP contribution in [-0.4, -0.2) is 42.2 Å². The molecule has 0 unspecified atom stereocenters. The average molecular weight is 319 g/mol. The highest BCUT2D eigenvalue weighted by molar-refractivity contribution is 5.78. The van der Waals surface area contributed by atoms with Crippen molar-refractivity contribution in [3.05, 3.63) is 48.2 Å². The second-order valence-corrected chi connectivity index (χ2v) is 5.46. The highest BCUT2D eigenvalue weighted by Crippen LogP contribution is 2.11. The number of nitrogens with zero attached hydrogens (tertiary/aromatic N) is 2. The Bertz CT molecular complexity index is 578. The third kappa shape index (κ3) is 5.58. The average Bonchev–Trinajstić information content (AvgIpc) is 3.19. The van der Waals surface area contributed by atoms with E-state index in [1.165, 1.54) is 0 Å². The van der Waals surface area contributed by atoms with Crippen molar-refractivity contribution in [2.45, 2.75) is 19.5 Å². The van der Waals surface area contributed by atoms with Gasteiger partial charge in [-0.05, 0) is 37.2 Å². The van der Waals surface area contributed by atoms with Gasteiger partial charge >= 0.3 is 0 Å². The summed E-state index contributed by atoms with van der Waals surface area (Å²) in [6.45, 7) is 2.80. The fourth-order valence-corrected chi connectivity index (χ4v) is 2.33. The Kier molecular flexibility index (Phi) is 6.90. The number of methoxy groups -OCH3 is 1. The Balaban J connectivity index is 1.92. The fraction of sp³-hybridized carbons (Fsp3) is 0.471. The zero-order chi connectivity index (χ0) is 16.5. The Morgan fingerprint density at radius 3 is 2.87 bits per heavy atom. The van der Waals surface area contributed by atoms with Crippen LogP contribution in [0.25, 0.3) is 0 Å². The van der Waals surface area contributed by atoms with E-state index in [1.54, 1.807) is 18.3 Å². The van der Waals surface area contributed by atoms with Gasteiger partial charge in [-0.15, -0.1) is 0 Å². The van der Waals surface area contributed by atoms with E-state index in [2.05, 4.69) is 5.32 Å².